The van der Waals surface area contributed by atoms with E-state index in [9.17, 15) is 4.79 Å². The highest BCUT2D eigenvalue weighted by molar-refractivity contribution is 9.10. The summed E-state index contributed by atoms with van der Waals surface area (Å²) in [5.74, 6) is -0.0798. The first-order chi connectivity index (χ1) is 9.43. The molecular formula is C14H13BrCl2N2O. The Morgan fingerprint density at radius 1 is 1.40 bits per heavy atom. The molecule has 0 fully saturated rings. The Morgan fingerprint density at radius 2 is 2.10 bits per heavy atom. The van der Waals surface area contributed by atoms with Crippen molar-refractivity contribution in [2.75, 3.05) is 0 Å². The lowest BCUT2D eigenvalue weighted by molar-refractivity contribution is 0.0990. The zero-order valence-corrected chi connectivity index (χ0v) is 14.2. The van der Waals surface area contributed by atoms with Crippen molar-refractivity contribution in [1.82, 2.24) is 9.78 Å². The van der Waals surface area contributed by atoms with Gasteiger partial charge in [-0.05, 0) is 40.5 Å². The van der Waals surface area contributed by atoms with Crippen LogP contribution in [0.5, 0.6) is 0 Å². The second kappa shape index (κ2) is 6.29. The molecule has 20 heavy (non-hydrogen) atoms. The summed E-state index contributed by atoms with van der Waals surface area (Å²) in [5.41, 5.74) is 2.21. The standard InChI is InChI=1S/C14H13BrCl2N2O/c1-3-11-14(15)12(19(2)18-11)7-13(20)9-6-8(16)4-5-10(9)17/h4-6H,3,7H2,1-2H3. The molecule has 0 saturated heterocycles. The molecule has 1 heterocycles. The summed E-state index contributed by atoms with van der Waals surface area (Å²) >= 11 is 15.5. The van der Waals surface area contributed by atoms with E-state index < -0.39 is 0 Å². The highest BCUT2D eigenvalue weighted by Gasteiger charge is 2.18. The van der Waals surface area contributed by atoms with Crippen LogP contribution in [0.25, 0.3) is 0 Å². The van der Waals surface area contributed by atoms with E-state index in [1.54, 1.807) is 22.9 Å². The number of hydrogen-bond acceptors (Lipinski definition) is 2. The van der Waals surface area contributed by atoms with E-state index in [0.29, 0.717) is 15.6 Å². The van der Waals surface area contributed by atoms with Gasteiger partial charge in [0.2, 0.25) is 0 Å². The van der Waals surface area contributed by atoms with Crippen molar-refractivity contribution < 1.29 is 4.79 Å². The highest BCUT2D eigenvalue weighted by Crippen LogP contribution is 2.26. The van der Waals surface area contributed by atoms with Gasteiger partial charge in [-0.2, -0.15) is 5.10 Å². The summed E-state index contributed by atoms with van der Waals surface area (Å²) in [7, 11) is 1.83. The molecule has 0 saturated carbocycles. The number of carbonyl (C=O) groups is 1. The minimum Gasteiger partial charge on any atom is -0.294 e. The van der Waals surface area contributed by atoms with Crippen molar-refractivity contribution in [3.05, 3.63) is 49.7 Å². The van der Waals surface area contributed by atoms with Gasteiger partial charge in [0.15, 0.2) is 5.78 Å². The average Bonchev–Trinajstić information content (AvgIpc) is 2.68. The van der Waals surface area contributed by atoms with Crippen LogP contribution < -0.4 is 0 Å². The van der Waals surface area contributed by atoms with Crippen molar-refractivity contribution in [2.24, 2.45) is 7.05 Å². The molecule has 0 radical (unpaired) electrons. The normalized spacial score (nSPS) is 10.8. The lowest BCUT2D eigenvalue weighted by Gasteiger charge is -2.05. The molecule has 0 aliphatic heterocycles. The van der Waals surface area contributed by atoms with E-state index in [-0.39, 0.29) is 12.2 Å². The van der Waals surface area contributed by atoms with Crippen LogP contribution in [-0.2, 0) is 19.9 Å². The maximum absolute atomic E-state index is 12.4. The van der Waals surface area contributed by atoms with Crippen molar-refractivity contribution >= 4 is 44.9 Å². The van der Waals surface area contributed by atoms with Crippen LogP contribution >= 0.6 is 39.1 Å². The number of aryl methyl sites for hydroxylation is 2. The van der Waals surface area contributed by atoms with Crippen molar-refractivity contribution in [1.29, 1.82) is 0 Å². The number of carbonyl (C=O) groups excluding carboxylic acids is 1. The van der Waals surface area contributed by atoms with E-state index in [4.69, 9.17) is 23.2 Å². The topological polar surface area (TPSA) is 34.9 Å². The summed E-state index contributed by atoms with van der Waals surface area (Å²) < 4.78 is 2.60. The second-order valence-corrected chi connectivity index (χ2v) is 6.05. The monoisotopic (exact) mass is 374 g/mol. The smallest absolute Gasteiger partial charge is 0.170 e. The van der Waals surface area contributed by atoms with Crippen molar-refractivity contribution in [3.8, 4) is 0 Å². The lowest BCUT2D eigenvalue weighted by Crippen LogP contribution is -2.09. The van der Waals surface area contributed by atoms with E-state index in [0.717, 1.165) is 22.3 Å². The third-order valence-electron chi connectivity index (χ3n) is 3.06. The zero-order chi connectivity index (χ0) is 14.9. The Hall–Kier alpha value is -0.840. The number of halogens is 3. The number of nitrogens with zero attached hydrogens (tertiary/aromatic N) is 2. The SMILES string of the molecule is CCc1nn(C)c(CC(=O)c2cc(Cl)ccc2Cl)c1Br. The molecule has 3 nitrogen and oxygen atoms in total. The van der Waals surface area contributed by atoms with Gasteiger partial charge in [0.1, 0.15) is 0 Å². The summed E-state index contributed by atoms with van der Waals surface area (Å²) in [6, 6.07) is 4.89. The zero-order valence-electron chi connectivity index (χ0n) is 11.1. The van der Waals surface area contributed by atoms with E-state index in [1.165, 1.54) is 0 Å². The molecule has 2 aromatic rings. The lowest BCUT2D eigenvalue weighted by atomic mass is 10.1. The summed E-state index contributed by atoms with van der Waals surface area (Å²) in [6.07, 6.45) is 1.03. The molecule has 106 valence electrons. The molecule has 0 spiro atoms. The molecule has 1 aromatic heterocycles. The molecular weight excluding hydrogens is 363 g/mol. The maximum atomic E-state index is 12.4. The fourth-order valence-corrected chi connectivity index (χ4v) is 3.12. The van der Waals surface area contributed by atoms with Crippen LogP contribution in [0.3, 0.4) is 0 Å². The summed E-state index contributed by atoms with van der Waals surface area (Å²) in [6.45, 7) is 2.02. The van der Waals surface area contributed by atoms with Gasteiger partial charge < -0.3 is 0 Å². The molecule has 0 unspecified atom stereocenters. The van der Waals surface area contributed by atoms with Crippen LogP contribution in [0, 0.1) is 0 Å². The number of hydrogen-bond donors (Lipinski definition) is 0. The van der Waals surface area contributed by atoms with Crippen molar-refractivity contribution in [3.63, 3.8) is 0 Å². The molecule has 0 amide bonds. The third kappa shape index (κ3) is 3.08. The first kappa shape index (κ1) is 15.5. The molecule has 0 atom stereocenters. The Bertz CT molecular complexity index is 667. The number of benzene rings is 1. The Kier molecular flexibility index (Phi) is 4.89. The Morgan fingerprint density at radius 3 is 2.70 bits per heavy atom. The third-order valence-corrected chi connectivity index (χ3v) is 4.54. The van der Waals surface area contributed by atoms with Gasteiger partial charge in [-0.25, -0.2) is 0 Å². The first-order valence-electron chi connectivity index (χ1n) is 6.12. The molecule has 1 aromatic carbocycles. The van der Waals surface area contributed by atoms with Crippen LogP contribution in [-0.4, -0.2) is 15.6 Å². The average molecular weight is 376 g/mol. The van der Waals surface area contributed by atoms with E-state index in [1.807, 2.05) is 14.0 Å². The van der Waals surface area contributed by atoms with Crippen LogP contribution in [0.1, 0.15) is 28.7 Å². The summed E-state index contributed by atoms with van der Waals surface area (Å²) in [5, 5.41) is 5.28. The van der Waals surface area contributed by atoms with Crippen LogP contribution in [0.15, 0.2) is 22.7 Å². The van der Waals surface area contributed by atoms with Gasteiger partial charge in [0, 0.05) is 17.6 Å². The predicted octanol–water partition coefficient (Wildman–Crippen LogP) is 4.48. The van der Waals surface area contributed by atoms with Gasteiger partial charge >= 0.3 is 0 Å². The molecule has 6 heteroatoms. The highest BCUT2D eigenvalue weighted by atomic mass is 79.9. The van der Waals surface area contributed by atoms with Gasteiger partial charge in [0.25, 0.3) is 0 Å². The number of Topliss-reactive ketones (excluding diaryl/α,β-unsaturated/α-hetero) is 1. The number of rotatable bonds is 4. The van der Waals surface area contributed by atoms with Gasteiger partial charge in [-0.15, -0.1) is 0 Å². The van der Waals surface area contributed by atoms with E-state index in [2.05, 4.69) is 21.0 Å². The van der Waals surface area contributed by atoms with Crippen LogP contribution in [0.2, 0.25) is 10.0 Å². The molecule has 2 rings (SSSR count). The Labute approximate surface area is 136 Å². The van der Waals surface area contributed by atoms with Gasteiger partial charge in [-0.1, -0.05) is 30.1 Å². The fourth-order valence-electron chi connectivity index (χ4n) is 1.97. The molecule has 0 bridgehead atoms. The first-order valence-corrected chi connectivity index (χ1v) is 7.67. The summed E-state index contributed by atoms with van der Waals surface area (Å²) in [4.78, 5) is 12.4. The van der Waals surface area contributed by atoms with Crippen LogP contribution in [0.4, 0.5) is 0 Å². The second-order valence-electron chi connectivity index (χ2n) is 4.41. The molecule has 0 aliphatic carbocycles. The fraction of sp³-hybridized carbons (Fsp3) is 0.286. The predicted molar refractivity (Wildman–Crippen MR) is 84.8 cm³/mol. The quantitative estimate of drug-likeness (QED) is 0.738. The van der Waals surface area contributed by atoms with E-state index >= 15 is 0 Å². The minimum atomic E-state index is -0.0798. The van der Waals surface area contributed by atoms with Gasteiger partial charge in [-0.3, -0.25) is 9.48 Å². The minimum absolute atomic E-state index is 0.0798. The molecule has 0 aliphatic rings. The number of aromatic nitrogens is 2. The molecule has 0 N–H and O–H groups in total. The van der Waals surface area contributed by atoms with Gasteiger partial charge in [0.05, 0.1) is 27.3 Å². The maximum Gasteiger partial charge on any atom is 0.170 e. The van der Waals surface area contributed by atoms with Crippen molar-refractivity contribution in [2.45, 2.75) is 19.8 Å². The number of ketones is 1. The Balaban J connectivity index is 2.33. The largest absolute Gasteiger partial charge is 0.294 e.